The lowest BCUT2D eigenvalue weighted by atomic mass is 9.99. The maximum Gasteiger partial charge on any atom is 0.418 e. The summed E-state index contributed by atoms with van der Waals surface area (Å²) >= 11 is 0. The molecule has 1 amide bonds. The molecule has 1 saturated heterocycles. The van der Waals surface area contributed by atoms with Gasteiger partial charge in [0.2, 0.25) is 0 Å². The van der Waals surface area contributed by atoms with Gasteiger partial charge in [-0.25, -0.2) is 9.50 Å². The molecule has 0 radical (unpaired) electrons. The minimum atomic E-state index is -4.68. The summed E-state index contributed by atoms with van der Waals surface area (Å²) in [6, 6.07) is 7.07. The number of hydrogen-bond acceptors (Lipinski definition) is 6. The Morgan fingerprint density at radius 3 is 2.69 bits per heavy atom. The molecule has 1 aromatic carbocycles. The number of benzene rings is 1. The number of nitrogens with zero attached hydrogens (tertiary/aromatic N) is 5. The van der Waals surface area contributed by atoms with Crippen LogP contribution in [0.15, 0.2) is 30.6 Å². The fourth-order valence-corrected chi connectivity index (χ4v) is 3.78. The normalized spacial score (nSPS) is 18.7. The minimum Gasteiger partial charge on any atom is -0.382 e. The van der Waals surface area contributed by atoms with E-state index in [0.717, 1.165) is 16.9 Å². The van der Waals surface area contributed by atoms with Gasteiger partial charge in [-0.3, -0.25) is 4.79 Å². The van der Waals surface area contributed by atoms with E-state index in [2.05, 4.69) is 10.1 Å². The van der Waals surface area contributed by atoms with Crippen molar-refractivity contribution in [1.29, 1.82) is 5.26 Å². The first kappa shape index (κ1) is 21.6. The molecule has 2 N–H and O–H groups in total. The Morgan fingerprint density at radius 2 is 2.03 bits per heavy atom. The van der Waals surface area contributed by atoms with Gasteiger partial charge in [-0.1, -0.05) is 6.07 Å². The fraction of sp³-hybridized carbons (Fsp3) is 0.333. The molecule has 1 fully saturated rings. The van der Waals surface area contributed by atoms with E-state index in [9.17, 15) is 23.2 Å². The third kappa shape index (κ3) is 3.33. The van der Waals surface area contributed by atoms with Crippen molar-refractivity contribution in [3.05, 3.63) is 41.7 Å². The van der Waals surface area contributed by atoms with Crippen LogP contribution in [0.3, 0.4) is 0 Å². The molecule has 32 heavy (non-hydrogen) atoms. The van der Waals surface area contributed by atoms with Gasteiger partial charge in [0, 0.05) is 5.56 Å². The lowest BCUT2D eigenvalue weighted by Gasteiger charge is -2.41. The minimum absolute atomic E-state index is 0.0970. The van der Waals surface area contributed by atoms with Crippen molar-refractivity contribution in [2.75, 3.05) is 17.2 Å². The summed E-state index contributed by atoms with van der Waals surface area (Å²) < 4.78 is 47.7. The summed E-state index contributed by atoms with van der Waals surface area (Å²) in [4.78, 5) is 18.2. The summed E-state index contributed by atoms with van der Waals surface area (Å²) in [7, 11) is 0. The molecule has 1 unspecified atom stereocenters. The summed E-state index contributed by atoms with van der Waals surface area (Å²) in [5, 5.41) is 13.6. The number of morpholine rings is 1. The highest BCUT2D eigenvalue weighted by atomic mass is 19.4. The standard InChI is InChI=1S/C21H19F3N6O2/c1-11-9-32-20(2,3)19(31)29(11)15-6-12(4-5-13(15)8-25)16-7-14(21(22,23)24)17-18(26)27-10-28-30(16)17/h4-7,10-11H,9H2,1-3H3,(H2,26,27,28). The molecular weight excluding hydrogens is 425 g/mol. The average molecular weight is 444 g/mol. The Hall–Kier alpha value is -3.65. The number of rotatable bonds is 2. The number of amides is 1. The van der Waals surface area contributed by atoms with Crippen molar-refractivity contribution in [3.8, 4) is 17.3 Å². The number of anilines is 2. The largest absolute Gasteiger partial charge is 0.418 e. The van der Waals surface area contributed by atoms with E-state index in [0.29, 0.717) is 5.56 Å². The third-order valence-electron chi connectivity index (χ3n) is 5.42. The van der Waals surface area contributed by atoms with E-state index in [-0.39, 0.29) is 46.8 Å². The Kier molecular flexibility index (Phi) is 4.86. The van der Waals surface area contributed by atoms with Gasteiger partial charge in [0.05, 0.1) is 35.2 Å². The van der Waals surface area contributed by atoms with E-state index < -0.39 is 17.3 Å². The number of ether oxygens (including phenoxy) is 1. The van der Waals surface area contributed by atoms with Crippen LogP contribution >= 0.6 is 0 Å². The van der Waals surface area contributed by atoms with Crippen molar-refractivity contribution < 1.29 is 22.7 Å². The quantitative estimate of drug-likeness (QED) is 0.649. The highest BCUT2D eigenvalue weighted by Crippen LogP contribution is 2.40. The zero-order valence-electron chi connectivity index (χ0n) is 17.4. The zero-order valence-corrected chi connectivity index (χ0v) is 17.4. The molecule has 8 nitrogen and oxygen atoms in total. The molecule has 0 saturated carbocycles. The first-order valence-corrected chi connectivity index (χ1v) is 9.67. The number of nitrogen functional groups attached to an aromatic ring is 1. The van der Waals surface area contributed by atoms with Crippen LogP contribution in [0.1, 0.15) is 31.9 Å². The number of carbonyl (C=O) groups is 1. The van der Waals surface area contributed by atoms with E-state index >= 15 is 0 Å². The fourth-order valence-electron chi connectivity index (χ4n) is 3.78. The average Bonchev–Trinajstić information content (AvgIpc) is 3.13. The van der Waals surface area contributed by atoms with Crippen molar-refractivity contribution >= 4 is 22.9 Å². The van der Waals surface area contributed by atoms with E-state index in [1.165, 1.54) is 23.1 Å². The van der Waals surface area contributed by atoms with Gasteiger partial charge >= 0.3 is 6.18 Å². The number of hydrogen-bond donors (Lipinski definition) is 1. The van der Waals surface area contributed by atoms with Gasteiger partial charge in [-0.15, -0.1) is 0 Å². The number of nitrogens with two attached hydrogens (primary N) is 1. The highest BCUT2D eigenvalue weighted by molar-refractivity contribution is 6.01. The predicted molar refractivity (Wildman–Crippen MR) is 110 cm³/mol. The van der Waals surface area contributed by atoms with Crippen molar-refractivity contribution in [2.45, 2.75) is 38.6 Å². The number of halogens is 3. The van der Waals surface area contributed by atoms with Gasteiger partial charge in [0.15, 0.2) is 5.82 Å². The Balaban J connectivity index is 1.95. The van der Waals surface area contributed by atoms with Crippen LogP contribution < -0.4 is 10.6 Å². The second-order valence-electron chi connectivity index (χ2n) is 8.04. The van der Waals surface area contributed by atoms with Crippen LogP contribution in [0.4, 0.5) is 24.7 Å². The highest BCUT2D eigenvalue weighted by Gasteiger charge is 2.42. The van der Waals surface area contributed by atoms with Crippen LogP contribution in [0, 0.1) is 11.3 Å². The molecule has 4 rings (SSSR count). The summed E-state index contributed by atoms with van der Waals surface area (Å²) in [5.41, 5.74) is 4.18. The number of nitriles is 1. The second kappa shape index (κ2) is 7.20. The maximum absolute atomic E-state index is 13.7. The molecule has 1 aliphatic rings. The topological polar surface area (TPSA) is 110 Å². The molecule has 166 valence electrons. The molecule has 3 aromatic rings. The number of fused-ring (bicyclic) bond motifs is 1. The summed E-state index contributed by atoms with van der Waals surface area (Å²) in [6.07, 6.45) is -3.62. The Morgan fingerprint density at radius 1 is 1.31 bits per heavy atom. The summed E-state index contributed by atoms with van der Waals surface area (Å²) in [6.45, 7) is 5.26. The molecule has 0 spiro atoms. The lowest BCUT2D eigenvalue weighted by molar-refractivity contribution is -0.147. The number of aromatic nitrogens is 3. The van der Waals surface area contributed by atoms with Crippen molar-refractivity contribution in [3.63, 3.8) is 0 Å². The van der Waals surface area contributed by atoms with Crippen LogP contribution in [-0.2, 0) is 15.7 Å². The molecular formula is C21H19F3N6O2. The molecule has 0 bridgehead atoms. The predicted octanol–water partition coefficient (Wildman–Crippen LogP) is 3.40. The van der Waals surface area contributed by atoms with Crippen LogP contribution in [0.2, 0.25) is 0 Å². The molecule has 1 atom stereocenters. The van der Waals surface area contributed by atoms with Gasteiger partial charge in [0.1, 0.15) is 23.5 Å². The Labute approximate surface area is 181 Å². The van der Waals surface area contributed by atoms with Crippen molar-refractivity contribution in [2.24, 2.45) is 0 Å². The van der Waals surface area contributed by atoms with Gasteiger partial charge < -0.3 is 15.4 Å². The Bertz CT molecular complexity index is 1280. The second-order valence-corrected chi connectivity index (χ2v) is 8.04. The van der Waals surface area contributed by atoms with Crippen LogP contribution in [-0.4, -0.2) is 38.8 Å². The van der Waals surface area contributed by atoms with E-state index in [1.54, 1.807) is 20.8 Å². The maximum atomic E-state index is 13.7. The molecule has 0 aliphatic carbocycles. The first-order valence-electron chi connectivity index (χ1n) is 9.67. The van der Waals surface area contributed by atoms with Gasteiger partial charge in [0.25, 0.3) is 5.91 Å². The molecule has 3 heterocycles. The third-order valence-corrected chi connectivity index (χ3v) is 5.42. The molecule has 1 aliphatic heterocycles. The van der Waals surface area contributed by atoms with Crippen molar-refractivity contribution in [1.82, 2.24) is 14.6 Å². The zero-order chi connectivity index (χ0) is 23.4. The monoisotopic (exact) mass is 444 g/mol. The number of alkyl halides is 3. The molecule has 11 heteroatoms. The van der Waals surface area contributed by atoms with Gasteiger partial charge in [-0.05, 0) is 39.0 Å². The smallest absolute Gasteiger partial charge is 0.382 e. The summed E-state index contributed by atoms with van der Waals surface area (Å²) in [5.74, 6) is -0.668. The van der Waals surface area contributed by atoms with Crippen LogP contribution in [0.5, 0.6) is 0 Å². The molecule has 2 aromatic heterocycles. The van der Waals surface area contributed by atoms with E-state index in [4.69, 9.17) is 10.5 Å². The van der Waals surface area contributed by atoms with E-state index in [1.807, 2.05) is 6.07 Å². The van der Waals surface area contributed by atoms with Crippen LogP contribution in [0.25, 0.3) is 16.8 Å². The number of carbonyl (C=O) groups excluding carboxylic acids is 1. The SMILES string of the molecule is CC1COC(C)(C)C(=O)N1c1cc(-c2cc(C(F)(F)F)c3c(N)ncnn23)ccc1C#N. The van der Waals surface area contributed by atoms with Gasteiger partial charge in [-0.2, -0.15) is 23.5 Å². The first-order chi connectivity index (χ1) is 15.0. The lowest BCUT2D eigenvalue weighted by Crippen LogP contribution is -2.58.